The number of nitrogens with one attached hydrogen (secondary N) is 1. The maximum absolute atomic E-state index is 13.1. The van der Waals surface area contributed by atoms with Crippen molar-refractivity contribution in [2.45, 2.75) is 24.5 Å². The number of amides is 1. The van der Waals surface area contributed by atoms with Gasteiger partial charge in [-0.05, 0) is 42.0 Å². The monoisotopic (exact) mass is 423 g/mol. The van der Waals surface area contributed by atoms with E-state index in [0.29, 0.717) is 11.3 Å². The highest BCUT2D eigenvalue weighted by Gasteiger charge is 2.21. The van der Waals surface area contributed by atoms with Crippen molar-refractivity contribution in [3.8, 4) is 11.8 Å². The van der Waals surface area contributed by atoms with Crippen molar-refractivity contribution in [2.75, 3.05) is 5.32 Å². The van der Waals surface area contributed by atoms with E-state index in [0.717, 1.165) is 0 Å². The molecule has 0 atom stereocenters. The number of hydrogen-bond acceptors (Lipinski definition) is 7. The molecular formula is C21H17N3O5S. The number of nitriles is 1. The molecule has 0 aliphatic heterocycles. The van der Waals surface area contributed by atoms with E-state index in [2.05, 4.69) is 10.3 Å². The van der Waals surface area contributed by atoms with E-state index >= 15 is 0 Å². The standard InChI is InChI=1S/C21H17N3O5S/c1-13(25)23-19-8-9-20(18-7-6-16(11-22)24-21(18)19)30(27,28)12-15-4-3-5-17(10-15)29-14(2)26/h3-10H,12H2,1-2H3,(H,23,25). The fourth-order valence-corrected chi connectivity index (χ4v) is 4.53. The van der Waals surface area contributed by atoms with Crippen molar-refractivity contribution >= 4 is 38.3 Å². The number of anilines is 1. The van der Waals surface area contributed by atoms with E-state index in [-0.39, 0.29) is 38.9 Å². The first-order chi connectivity index (χ1) is 14.2. The normalized spacial score (nSPS) is 11.0. The SMILES string of the molecule is CC(=O)Nc1ccc(S(=O)(=O)Cc2cccc(OC(C)=O)c2)c2ccc(C#N)nc12. The Labute approximate surface area is 173 Å². The predicted molar refractivity (Wildman–Crippen MR) is 109 cm³/mol. The Hall–Kier alpha value is -3.77. The van der Waals surface area contributed by atoms with Gasteiger partial charge in [-0.2, -0.15) is 5.26 Å². The molecule has 0 aliphatic rings. The minimum Gasteiger partial charge on any atom is -0.427 e. The molecule has 1 amide bonds. The maximum Gasteiger partial charge on any atom is 0.308 e. The van der Waals surface area contributed by atoms with Crippen LogP contribution in [0.15, 0.2) is 53.4 Å². The molecule has 0 spiro atoms. The number of benzene rings is 2. The van der Waals surface area contributed by atoms with Crippen LogP contribution in [-0.4, -0.2) is 25.3 Å². The first-order valence-electron chi connectivity index (χ1n) is 8.81. The van der Waals surface area contributed by atoms with Gasteiger partial charge in [0.25, 0.3) is 0 Å². The van der Waals surface area contributed by atoms with Crippen molar-refractivity contribution in [1.29, 1.82) is 5.26 Å². The molecule has 0 saturated heterocycles. The minimum atomic E-state index is -3.83. The van der Waals surface area contributed by atoms with Crippen molar-refractivity contribution in [1.82, 2.24) is 4.98 Å². The molecule has 152 valence electrons. The number of pyridine rings is 1. The number of sulfone groups is 1. The van der Waals surface area contributed by atoms with Crippen LogP contribution in [0.1, 0.15) is 25.1 Å². The molecule has 1 heterocycles. The first-order valence-corrected chi connectivity index (χ1v) is 10.5. The van der Waals surface area contributed by atoms with E-state index in [9.17, 15) is 18.0 Å². The number of hydrogen-bond donors (Lipinski definition) is 1. The molecule has 0 fully saturated rings. The fraction of sp³-hybridized carbons (Fsp3) is 0.143. The summed E-state index contributed by atoms with van der Waals surface area (Å²) < 4.78 is 31.3. The first kappa shape index (κ1) is 21.0. The van der Waals surface area contributed by atoms with Gasteiger partial charge < -0.3 is 10.1 Å². The summed E-state index contributed by atoms with van der Waals surface area (Å²) in [5.41, 5.74) is 1.05. The van der Waals surface area contributed by atoms with Gasteiger partial charge in [0.1, 0.15) is 17.5 Å². The van der Waals surface area contributed by atoms with Crippen LogP contribution in [0.5, 0.6) is 5.75 Å². The summed E-state index contributed by atoms with van der Waals surface area (Å²) in [7, 11) is -3.83. The van der Waals surface area contributed by atoms with Gasteiger partial charge in [0.15, 0.2) is 9.84 Å². The smallest absolute Gasteiger partial charge is 0.308 e. The highest BCUT2D eigenvalue weighted by Crippen LogP contribution is 2.31. The Morgan fingerprint density at radius 1 is 1.13 bits per heavy atom. The van der Waals surface area contributed by atoms with E-state index in [1.165, 1.54) is 44.2 Å². The zero-order valence-electron chi connectivity index (χ0n) is 16.2. The lowest BCUT2D eigenvalue weighted by Crippen LogP contribution is -2.10. The van der Waals surface area contributed by atoms with Crippen LogP contribution in [0.25, 0.3) is 10.9 Å². The van der Waals surface area contributed by atoms with Crippen LogP contribution in [0.4, 0.5) is 5.69 Å². The summed E-state index contributed by atoms with van der Waals surface area (Å²) >= 11 is 0. The van der Waals surface area contributed by atoms with E-state index in [1.54, 1.807) is 18.2 Å². The lowest BCUT2D eigenvalue weighted by atomic mass is 10.1. The Morgan fingerprint density at radius 2 is 1.90 bits per heavy atom. The fourth-order valence-electron chi connectivity index (χ4n) is 2.98. The average Bonchev–Trinajstić information content (AvgIpc) is 2.66. The second kappa shape index (κ2) is 8.31. The summed E-state index contributed by atoms with van der Waals surface area (Å²) in [5, 5.41) is 12.0. The molecule has 0 saturated carbocycles. The largest absolute Gasteiger partial charge is 0.427 e. The predicted octanol–water partition coefficient (Wildman–Crippen LogP) is 2.96. The molecule has 0 radical (unpaired) electrons. The number of fused-ring (bicyclic) bond motifs is 1. The summed E-state index contributed by atoms with van der Waals surface area (Å²) in [6.45, 7) is 2.58. The zero-order chi connectivity index (χ0) is 21.9. The van der Waals surface area contributed by atoms with Crippen LogP contribution in [0.2, 0.25) is 0 Å². The number of ether oxygens (including phenoxy) is 1. The Kier molecular flexibility index (Phi) is 5.80. The average molecular weight is 423 g/mol. The number of carbonyl (C=O) groups excluding carboxylic acids is 2. The lowest BCUT2D eigenvalue weighted by molar-refractivity contribution is -0.131. The molecule has 3 aromatic rings. The molecule has 0 bridgehead atoms. The highest BCUT2D eigenvalue weighted by atomic mass is 32.2. The molecule has 8 nitrogen and oxygen atoms in total. The van der Waals surface area contributed by atoms with Gasteiger partial charge in [-0.25, -0.2) is 13.4 Å². The number of aromatic nitrogens is 1. The van der Waals surface area contributed by atoms with Gasteiger partial charge in [0.05, 0.1) is 21.9 Å². The van der Waals surface area contributed by atoms with E-state index in [1.807, 2.05) is 6.07 Å². The van der Waals surface area contributed by atoms with Gasteiger partial charge in [-0.15, -0.1) is 0 Å². The quantitative estimate of drug-likeness (QED) is 0.494. The van der Waals surface area contributed by atoms with Gasteiger partial charge in [-0.3, -0.25) is 9.59 Å². The Bertz CT molecular complexity index is 1310. The molecular weight excluding hydrogens is 406 g/mol. The second-order valence-electron chi connectivity index (χ2n) is 6.50. The summed E-state index contributed by atoms with van der Waals surface area (Å²) in [4.78, 5) is 26.8. The minimum absolute atomic E-state index is 0.0153. The van der Waals surface area contributed by atoms with Crippen LogP contribution in [-0.2, 0) is 25.2 Å². The van der Waals surface area contributed by atoms with E-state index in [4.69, 9.17) is 10.00 Å². The molecule has 3 rings (SSSR count). The topological polar surface area (TPSA) is 126 Å². The third-order valence-corrected chi connectivity index (χ3v) is 5.83. The van der Waals surface area contributed by atoms with Crippen molar-refractivity contribution in [3.63, 3.8) is 0 Å². The molecule has 1 aromatic heterocycles. The van der Waals surface area contributed by atoms with Crippen LogP contribution in [0.3, 0.4) is 0 Å². The number of esters is 1. The van der Waals surface area contributed by atoms with Crippen molar-refractivity contribution < 1.29 is 22.7 Å². The van der Waals surface area contributed by atoms with Gasteiger partial charge >= 0.3 is 5.97 Å². The Morgan fingerprint density at radius 3 is 2.57 bits per heavy atom. The molecule has 0 unspecified atom stereocenters. The maximum atomic E-state index is 13.1. The number of carbonyl (C=O) groups is 2. The van der Waals surface area contributed by atoms with Gasteiger partial charge in [0.2, 0.25) is 5.91 Å². The molecule has 1 N–H and O–H groups in total. The molecule has 2 aromatic carbocycles. The molecule has 9 heteroatoms. The number of nitrogens with zero attached hydrogens (tertiary/aromatic N) is 2. The zero-order valence-corrected chi connectivity index (χ0v) is 17.0. The molecule has 0 aliphatic carbocycles. The van der Waals surface area contributed by atoms with E-state index < -0.39 is 15.8 Å². The van der Waals surface area contributed by atoms with Crippen LogP contribution >= 0.6 is 0 Å². The third-order valence-electron chi connectivity index (χ3n) is 4.09. The van der Waals surface area contributed by atoms with Gasteiger partial charge in [0, 0.05) is 19.2 Å². The summed E-state index contributed by atoms with van der Waals surface area (Å²) in [5.74, 6) is -0.940. The van der Waals surface area contributed by atoms with Gasteiger partial charge in [-0.1, -0.05) is 12.1 Å². The Balaban J connectivity index is 2.08. The lowest BCUT2D eigenvalue weighted by Gasteiger charge is -2.12. The van der Waals surface area contributed by atoms with Crippen LogP contribution < -0.4 is 10.1 Å². The molecule has 30 heavy (non-hydrogen) atoms. The van der Waals surface area contributed by atoms with Crippen LogP contribution in [0, 0.1) is 11.3 Å². The van der Waals surface area contributed by atoms with Crippen molar-refractivity contribution in [2.24, 2.45) is 0 Å². The third kappa shape index (κ3) is 4.61. The summed E-state index contributed by atoms with van der Waals surface area (Å²) in [6, 6.07) is 13.9. The second-order valence-corrected chi connectivity index (χ2v) is 8.46. The summed E-state index contributed by atoms with van der Waals surface area (Å²) in [6.07, 6.45) is 0. The van der Waals surface area contributed by atoms with Crippen molar-refractivity contribution in [3.05, 3.63) is 59.8 Å². The highest BCUT2D eigenvalue weighted by molar-refractivity contribution is 7.90. The number of rotatable bonds is 5.